The number of rotatable bonds is 7. The molecule has 124 valence electrons. The lowest BCUT2D eigenvalue weighted by molar-refractivity contribution is -0.385. The van der Waals surface area contributed by atoms with E-state index in [2.05, 4.69) is 21.9 Å². The predicted molar refractivity (Wildman–Crippen MR) is 82.6 cm³/mol. The van der Waals surface area contributed by atoms with Crippen molar-refractivity contribution in [2.75, 3.05) is 40.3 Å². The summed E-state index contributed by atoms with van der Waals surface area (Å²) in [5.41, 5.74) is -0.0502. The van der Waals surface area contributed by atoms with Crippen LogP contribution < -0.4 is 0 Å². The molecule has 1 saturated heterocycles. The van der Waals surface area contributed by atoms with Gasteiger partial charge in [0.2, 0.25) is 0 Å². The SMILES string of the molecule is CN1CCCC(CN(C)CC(O)Cn2cc([N+](=O)[O-])cn2)C1. The van der Waals surface area contributed by atoms with Crippen LogP contribution in [0.15, 0.2) is 12.4 Å². The van der Waals surface area contributed by atoms with Gasteiger partial charge in [0, 0.05) is 19.6 Å². The molecule has 1 aliphatic heterocycles. The second-order valence-corrected chi connectivity index (χ2v) is 6.32. The van der Waals surface area contributed by atoms with E-state index in [1.165, 1.54) is 36.5 Å². The summed E-state index contributed by atoms with van der Waals surface area (Å²) in [7, 11) is 4.15. The first-order chi connectivity index (χ1) is 10.4. The summed E-state index contributed by atoms with van der Waals surface area (Å²) in [4.78, 5) is 14.6. The van der Waals surface area contributed by atoms with Gasteiger partial charge in [-0.15, -0.1) is 0 Å². The minimum atomic E-state index is -0.592. The average molecular weight is 311 g/mol. The van der Waals surface area contributed by atoms with E-state index in [4.69, 9.17) is 0 Å². The third-order valence-corrected chi connectivity index (χ3v) is 4.04. The number of aliphatic hydroxyl groups is 1. The number of hydrogen-bond donors (Lipinski definition) is 1. The van der Waals surface area contributed by atoms with E-state index in [0.29, 0.717) is 12.5 Å². The van der Waals surface area contributed by atoms with Crippen molar-refractivity contribution in [3.05, 3.63) is 22.5 Å². The number of nitro groups is 1. The van der Waals surface area contributed by atoms with E-state index in [9.17, 15) is 15.2 Å². The lowest BCUT2D eigenvalue weighted by atomic mass is 9.98. The molecule has 1 fully saturated rings. The van der Waals surface area contributed by atoms with Crippen molar-refractivity contribution in [3.63, 3.8) is 0 Å². The van der Waals surface area contributed by atoms with Gasteiger partial charge in [0.15, 0.2) is 0 Å². The zero-order valence-electron chi connectivity index (χ0n) is 13.3. The summed E-state index contributed by atoms with van der Waals surface area (Å²) in [6, 6.07) is 0. The summed E-state index contributed by atoms with van der Waals surface area (Å²) in [5.74, 6) is 0.641. The summed E-state index contributed by atoms with van der Waals surface area (Å²) in [5, 5.41) is 24.6. The zero-order chi connectivity index (χ0) is 16.1. The van der Waals surface area contributed by atoms with Gasteiger partial charge in [0.05, 0.1) is 17.6 Å². The topological polar surface area (TPSA) is 87.7 Å². The first-order valence-corrected chi connectivity index (χ1v) is 7.66. The van der Waals surface area contributed by atoms with Crippen LogP contribution in [0.2, 0.25) is 0 Å². The Kier molecular flexibility index (Phi) is 5.87. The average Bonchev–Trinajstić information content (AvgIpc) is 2.86. The molecule has 0 aliphatic carbocycles. The minimum absolute atomic E-state index is 0.0502. The highest BCUT2D eigenvalue weighted by molar-refractivity contribution is 5.20. The Morgan fingerprint density at radius 3 is 3.05 bits per heavy atom. The van der Waals surface area contributed by atoms with Crippen molar-refractivity contribution >= 4 is 5.69 Å². The van der Waals surface area contributed by atoms with Crippen molar-refractivity contribution in [2.24, 2.45) is 5.92 Å². The van der Waals surface area contributed by atoms with E-state index in [1.54, 1.807) is 0 Å². The monoisotopic (exact) mass is 311 g/mol. The molecule has 0 radical (unpaired) electrons. The Morgan fingerprint density at radius 2 is 2.41 bits per heavy atom. The van der Waals surface area contributed by atoms with Gasteiger partial charge in [-0.1, -0.05) is 0 Å². The Balaban J connectivity index is 1.75. The van der Waals surface area contributed by atoms with Crippen LogP contribution in [0.25, 0.3) is 0 Å². The van der Waals surface area contributed by atoms with E-state index in [-0.39, 0.29) is 12.2 Å². The maximum Gasteiger partial charge on any atom is 0.306 e. The molecule has 2 heterocycles. The van der Waals surface area contributed by atoms with Crippen molar-refractivity contribution in [3.8, 4) is 0 Å². The van der Waals surface area contributed by atoms with Gasteiger partial charge in [-0.2, -0.15) is 5.10 Å². The second-order valence-electron chi connectivity index (χ2n) is 6.32. The molecule has 8 heteroatoms. The van der Waals surface area contributed by atoms with Crippen LogP contribution in [0.1, 0.15) is 12.8 Å². The maximum absolute atomic E-state index is 10.6. The molecule has 1 aromatic heterocycles. The van der Waals surface area contributed by atoms with Crippen LogP contribution in [-0.2, 0) is 6.54 Å². The van der Waals surface area contributed by atoms with Gasteiger partial charge >= 0.3 is 5.69 Å². The Labute approximate surface area is 130 Å². The highest BCUT2D eigenvalue weighted by Gasteiger charge is 2.20. The molecule has 1 N–H and O–H groups in total. The summed E-state index contributed by atoms with van der Waals surface area (Å²) in [6.45, 7) is 4.03. The molecule has 0 saturated carbocycles. The highest BCUT2D eigenvalue weighted by atomic mass is 16.6. The minimum Gasteiger partial charge on any atom is -0.390 e. The maximum atomic E-state index is 10.6. The van der Waals surface area contributed by atoms with Crippen molar-refractivity contribution in [1.82, 2.24) is 19.6 Å². The first-order valence-electron chi connectivity index (χ1n) is 7.66. The third kappa shape index (κ3) is 5.04. The number of likely N-dealkylation sites (N-methyl/N-ethyl adjacent to an activating group) is 1. The molecule has 22 heavy (non-hydrogen) atoms. The Morgan fingerprint density at radius 1 is 1.64 bits per heavy atom. The highest BCUT2D eigenvalue weighted by Crippen LogP contribution is 2.16. The molecule has 8 nitrogen and oxygen atoms in total. The summed E-state index contributed by atoms with van der Waals surface area (Å²) in [6.07, 6.45) is 4.42. The largest absolute Gasteiger partial charge is 0.390 e. The zero-order valence-corrected chi connectivity index (χ0v) is 13.3. The normalized spacial score (nSPS) is 21.2. The van der Waals surface area contributed by atoms with E-state index < -0.39 is 11.0 Å². The summed E-state index contributed by atoms with van der Waals surface area (Å²) >= 11 is 0. The van der Waals surface area contributed by atoms with Crippen LogP contribution in [0, 0.1) is 16.0 Å². The quantitative estimate of drug-likeness (QED) is 0.580. The van der Waals surface area contributed by atoms with Crippen LogP contribution in [0.4, 0.5) is 5.69 Å². The smallest absolute Gasteiger partial charge is 0.306 e. The molecule has 0 spiro atoms. The van der Waals surface area contributed by atoms with E-state index >= 15 is 0 Å². The van der Waals surface area contributed by atoms with Gasteiger partial charge in [-0.05, 0) is 39.4 Å². The fraction of sp³-hybridized carbons (Fsp3) is 0.786. The van der Waals surface area contributed by atoms with Gasteiger partial charge in [-0.25, -0.2) is 0 Å². The number of nitrogens with zero attached hydrogens (tertiary/aromatic N) is 5. The van der Waals surface area contributed by atoms with Crippen molar-refractivity contribution in [2.45, 2.75) is 25.5 Å². The predicted octanol–water partition coefficient (Wildman–Crippen LogP) is 0.426. The number of aromatic nitrogens is 2. The van der Waals surface area contributed by atoms with Gasteiger partial charge < -0.3 is 14.9 Å². The van der Waals surface area contributed by atoms with Crippen molar-refractivity contribution < 1.29 is 10.0 Å². The van der Waals surface area contributed by atoms with E-state index in [0.717, 1.165) is 13.1 Å². The summed E-state index contributed by atoms with van der Waals surface area (Å²) < 4.78 is 1.42. The molecule has 2 unspecified atom stereocenters. The molecular formula is C14H25N5O3. The lowest BCUT2D eigenvalue weighted by Crippen LogP contribution is -2.40. The van der Waals surface area contributed by atoms with Crippen molar-refractivity contribution in [1.29, 1.82) is 0 Å². The lowest BCUT2D eigenvalue weighted by Gasteiger charge is -2.33. The van der Waals surface area contributed by atoms with Crippen LogP contribution in [-0.4, -0.2) is 76.0 Å². The number of hydrogen-bond acceptors (Lipinski definition) is 6. The number of piperidine rings is 1. The molecule has 2 rings (SSSR count). The van der Waals surface area contributed by atoms with Gasteiger partial charge in [-0.3, -0.25) is 14.8 Å². The van der Waals surface area contributed by atoms with Crippen LogP contribution in [0.5, 0.6) is 0 Å². The fourth-order valence-corrected chi connectivity index (χ4v) is 3.12. The van der Waals surface area contributed by atoms with Gasteiger partial charge in [0.25, 0.3) is 0 Å². The molecule has 1 aromatic rings. The molecule has 0 amide bonds. The molecular weight excluding hydrogens is 286 g/mol. The van der Waals surface area contributed by atoms with Crippen LogP contribution >= 0.6 is 0 Å². The Hall–Kier alpha value is -1.51. The first kappa shape index (κ1) is 16.9. The molecule has 0 bridgehead atoms. The second kappa shape index (κ2) is 7.66. The van der Waals surface area contributed by atoms with Crippen LogP contribution in [0.3, 0.4) is 0 Å². The number of aliphatic hydroxyl groups excluding tert-OH is 1. The molecule has 0 aromatic carbocycles. The third-order valence-electron chi connectivity index (χ3n) is 4.04. The van der Waals surface area contributed by atoms with E-state index in [1.807, 2.05) is 7.05 Å². The number of likely N-dealkylation sites (tertiary alicyclic amines) is 1. The molecule has 1 aliphatic rings. The standard InChI is InChI=1S/C14H25N5O3/c1-16-5-3-4-12(7-16)8-17(2)10-14(20)11-18-9-13(6-15-18)19(21)22/h6,9,12,14,20H,3-5,7-8,10-11H2,1-2H3. The van der Waals surface area contributed by atoms with Gasteiger partial charge in [0.1, 0.15) is 12.4 Å². The molecule has 2 atom stereocenters. The fourth-order valence-electron chi connectivity index (χ4n) is 3.12. The Bertz CT molecular complexity index is 493.